The van der Waals surface area contributed by atoms with Crippen molar-refractivity contribution in [3.8, 4) is 5.75 Å². The maximum atomic E-state index is 12.2. The Balaban J connectivity index is 2.09. The molecule has 4 heteroatoms. The molecular weight excluding hydrogens is 240 g/mol. The van der Waals surface area contributed by atoms with Crippen LogP contribution in [-0.2, 0) is 6.54 Å². The summed E-state index contributed by atoms with van der Waals surface area (Å²) < 4.78 is 0. The molecule has 0 aliphatic rings. The molecule has 1 aromatic carbocycles. The number of aryl methyl sites for hydroxylation is 1. The van der Waals surface area contributed by atoms with Crippen LogP contribution in [0.4, 0.5) is 0 Å². The van der Waals surface area contributed by atoms with E-state index >= 15 is 0 Å². The molecule has 0 saturated heterocycles. The number of carbonyl (C=O) groups is 1. The molecule has 98 valence electrons. The second-order valence-electron chi connectivity index (χ2n) is 4.58. The van der Waals surface area contributed by atoms with E-state index in [1.54, 1.807) is 48.6 Å². The number of aromatic nitrogens is 1. The van der Waals surface area contributed by atoms with E-state index < -0.39 is 0 Å². The molecule has 1 N–H and O–H groups in total. The third-order valence-corrected chi connectivity index (χ3v) is 2.82. The minimum absolute atomic E-state index is 0.0655. The fourth-order valence-corrected chi connectivity index (χ4v) is 1.84. The molecule has 0 saturated carbocycles. The van der Waals surface area contributed by atoms with Crippen LogP contribution in [0.5, 0.6) is 5.75 Å². The summed E-state index contributed by atoms with van der Waals surface area (Å²) in [5.74, 6) is 0.157. The van der Waals surface area contributed by atoms with Crippen LogP contribution in [0.15, 0.2) is 42.7 Å². The van der Waals surface area contributed by atoms with Gasteiger partial charge in [-0.1, -0.05) is 12.1 Å². The van der Waals surface area contributed by atoms with Crippen LogP contribution >= 0.6 is 0 Å². The van der Waals surface area contributed by atoms with Gasteiger partial charge in [-0.05, 0) is 36.2 Å². The van der Waals surface area contributed by atoms with Gasteiger partial charge < -0.3 is 10.0 Å². The van der Waals surface area contributed by atoms with Crippen LogP contribution < -0.4 is 0 Å². The molecule has 0 aliphatic heterocycles. The zero-order valence-electron chi connectivity index (χ0n) is 11.0. The predicted octanol–water partition coefficient (Wildman–Crippen LogP) is 2.37. The third-order valence-electron chi connectivity index (χ3n) is 2.82. The van der Waals surface area contributed by atoms with Crippen molar-refractivity contribution in [2.24, 2.45) is 0 Å². The van der Waals surface area contributed by atoms with Gasteiger partial charge in [0.1, 0.15) is 5.75 Å². The Kier molecular flexibility index (Phi) is 3.80. The standard InChI is InChI=1S/C15H16N2O2/c1-11-7-13(9-16-8-11)15(19)17(2)10-12-3-5-14(18)6-4-12/h3-9,18H,10H2,1-2H3. The Morgan fingerprint density at radius 3 is 2.58 bits per heavy atom. The predicted molar refractivity (Wildman–Crippen MR) is 72.9 cm³/mol. The fraction of sp³-hybridized carbons (Fsp3) is 0.200. The zero-order valence-corrected chi connectivity index (χ0v) is 11.0. The van der Waals surface area contributed by atoms with Crippen LogP contribution in [-0.4, -0.2) is 27.9 Å². The van der Waals surface area contributed by atoms with Crippen molar-refractivity contribution in [3.05, 3.63) is 59.4 Å². The van der Waals surface area contributed by atoms with Crippen molar-refractivity contribution in [2.75, 3.05) is 7.05 Å². The van der Waals surface area contributed by atoms with Gasteiger partial charge in [0.25, 0.3) is 5.91 Å². The zero-order chi connectivity index (χ0) is 13.8. The molecule has 0 radical (unpaired) electrons. The van der Waals surface area contributed by atoms with E-state index in [4.69, 9.17) is 0 Å². The van der Waals surface area contributed by atoms with Crippen LogP contribution in [0, 0.1) is 6.92 Å². The summed E-state index contributed by atoms with van der Waals surface area (Å²) in [7, 11) is 1.75. The number of phenols is 1. The first-order valence-corrected chi connectivity index (χ1v) is 6.01. The Labute approximate surface area is 112 Å². The van der Waals surface area contributed by atoms with E-state index in [0.29, 0.717) is 12.1 Å². The summed E-state index contributed by atoms with van der Waals surface area (Å²) in [6.07, 6.45) is 3.29. The average Bonchev–Trinajstić information content (AvgIpc) is 2.40. The van der Waals surface area contributed by atoms with Crippen molar-refractivity contribution in [1.82, 2.24) is 9.88 Å². The number of hydrogen-bond donors (Lipinski definition) is 1. The van der Waals surface area contributed by atoms with E-state index in [1.807, 2.05) is 13.0 Å². The first-order chi connectivity index (χ1) is 9.06. The lowest BCUT2D eigenvalue weighted by atomic mass is 10.1. The van der Waals surface area contributed by atoms with Crippen LogP contribution in [0.1, 0.15) is 21.5 Å². The Hall–Kier alpha value is -2.36. The minimum Gasteiger partial charge on any atom is -0.508 e. The fourth-order valence-electron chi connectivity index (χ4n) is 1.84. The number of aromatic hydroxyl groups is 1. The molecule has 0 atom stereocenters. The van der Waals surface area contributed by atoms with Gasteiger partial charge >= 0.3 is 0 Å². The highest BCUT2D eigenvalue weighted by Gasteiger charge is 2.12. The smallest absolute Gasteiger partial charge is 0.255 e. The number of amides is 1. The average molecular weight is 256 g/mol. The van der Waals surface area contributed by atoms with Gasteiger partial charge in [0.15, 0.2) is 0 Å². The second kappa shape index (κ2) is 5.52. The molecule has 1 amide bonds. The van der Waals surface area contributed by atoms with Gasteiger partial charge in [-0.25, -0.2) is 0 Å². The molecule has 0 fully saturated rings. The first kappa shape index (κ1) is 13.1. The largest absolute Gasteiger partial charge is 0.508 e. The monoisotopic (exact) mass is 256 g/mol. The van der Waals surface area contributed by atoms with Crippen molar-refractivity contribution >= 4 is 5.91 Å². The summed E-state index contributed by atoms with van der Waals surface area (Å²) in [5, 5.41) is 9.22. The number of hydrogen-bond acceptors (Lipinski definition) is 3. The summed E-state index contributed by atoms with van der Waals surface area (Å²) in [6.45, 7) is 2.40. The molecular formula is C15H16N2O2. The van der Waals surface area contributed by atoms with E-state index in [1.165, 1.54) is 0 Å². The van der Waals surface area contributed by atoms with E-state index in [2.05, 4.69) is 4.98 Å². The maximum absolute atomic E-state index is 12.2. The highest BCUT2D eigenvalue weighted by atomic mass is 16.3. The lowest BCUT2D eigenvalue weighted by Crippen LogP contribution is -2.26. The lowest BCUT2D eigenvalue weighted by molar-refractivity contribution is 0.0784. The Morgan fingerprint density at radius 1 is 1.26 bits per heavy atom. The van der Waals surface area contributed by atoms with E-state index in [9.17, 15) is 9.90 Å². The third kappa shape index (κ3) is 3.31. The number of benzene rings is 1. The van der Waals surface area contributed by atoms with Gasteiger partial charge in [-0.2, -0.15) is 0 Å². The molecule has 19 heavy (non-hydrogen) atoms. The molecule has 0 spiro atoms. The van der Waals surface area contributed by atoms with Crippen molar-refractivity contribution in [2.45, 2.75) is 13.5 Å². The van der Waals surface area contributed by atoms with Crippen LogP contribution in [0.25, 0.3) is 0 Å². The van der Waals surface area contributed by atoms with E-state index in [-0.39, 0.29) is 11.7 Å². The van der Waals surface area contributed by atoms with Crippen LogP contribution in [0.2, 0.25) is 0 Å². The van der Waals surface area contributed by atoms with Gasteiger partial charge in [0.2, 0.25) is 0 Å². The van der Waals surface area contributed by atoms with Gasteiger partial charge in [0, 0.05) is 26.0 Å². The van der Waals surface area contributed by atoms with Gasteiger partial charge in [-0.3, -0.25) is 9.78 Å². The highest BCUT2D eigenvalue weighted by Crippen LogP contribution is 2.12. The number of nitrogens with zero attached hydrogens (tertiary/aromatic N) is 2. The number of carbonyl (C=O) groups excluding carboxylic acids is 1. The molecule has 0 aliphatic carbocycles. The lowest BCUT2D eigenvalue weighted by Gasteiger charge is -2.17. The molecule has 4 nitrogen and oxygen atoms in total. The number of rotatable bonds is 3. The Bertz CT molecular complexity index is 579. The van der Waals surface area contributed by atoms with E-state index in [0.717, 1.165) is 11.1 Å². The van der Waals surface area contributed by atoms with Crippen LogP contribution in [0.3, 0.4) is 0 Å². The molecule has 0 bridgehead atoms. The first-order valence-electron chi connectivity index (χ1n) is 6.01. The Morgan fingerprint density at radius 2 is 1.95 bits per heavy atom. The minimum atomic E-state index is -0.0655. The maximum Gasteiger partial charge on any atom is 0.255 e. The normalized spacial score (nSPS) is 10.2. The molecule has 2 aromatic rings. The van der Waals surface area contributed by atoms with Crippen molar-refractivity contribution in [3.63, 3.8) is 0 Å². The number of pyridine rings is 1. The molecule has 0 unspecified atom stereocenters. The topological polar surface area (TPSA) is 53.4 Å². The SMILES string of the molecule is Cc1cncc(C(=O)N(C)Cc2ccc(O)cc2)c1. The summed E-state index contributed by atoms with van der Waals surface area (Å²) >= 11 is 0. The second-order valence-corrected chi connectivity index (χ2v) is 4.58. The molecule has 2 rings (SSSR count). The molecule has 1 heterocycles. The molecule has 1 aromatic heterocycles. The van der Waals surface area contributed by atoms with Crippen molar-refractivity contribution < 1.29 is 9.90 Å². The quantitative estimate of drug-likeness (QED) is 0.917. The van der Waals surface area contributed by atoms with Crippen molar-refractivity contribution in [1.29, 1.82) is 0 Å². The van der Waals surface area contributed by atoms with Gasteiger partial charge in [0.05, 0.1) is 5.56 Å². The van der Waals surface area contributed by atoms with Gasteiger partial charge in [-0.15, -0.1) is 0 Å². The summed E-state index contributed by atoms with van der Waals surface area (Å²) in [4.78, 5) is 17.9. The summed E-state index contributed by atoms with van der Waals surface area (Å²) in [5.41, 5.74) is 2.51. The summed E-state index contributed by atoms with van der Waals surface area (Å²) in [6, 6.07) is 8.65. The number of phenolic OH excluding ortho intramolecular Hbond substituents is 1. The highest BCUT2D eigenvalue weighted by molar-refractivity contribution is 5.93.